The molecule has 6 heteroatoms. The number of unbranched alkanes of at least 4 members (excludes halogenated alkanes) is 8. The molecule has 0 atom stereocenters. The van der Waals surface area contributed by atoms with Crippen molar-refractivity contribution >= 4 is 11.8 Å². The summed E-state index contributed by atoms with van der Waals surface area (Å²) in [4.78, 5) is 12.0. The topological polar surface area (TPSA) is 79.1 Å². The Morgan fingerprint density at radius 1 is 0.750 bits per heavy atom. The van der Waals surface area contributed by atoms with E-state index in [1.54, 1.807) is 0 Å². The summed E-state index contributed by atoms with van der Waals surface area (Å²) in [7, 11) is 2.17. The first-order valence-corrected chi connectivity index (χ1v) is 13.4. The van der Waals surface area contributed by atoms with E-state index in [4.69, 9.17) is 15.7 Å². The Labute approximate surface area is 198 Å². The minimum absolute atomic E-state index is 0.763. The van der Waals surface area contributed by atoms with Crippen molar-refractivity contribution in [2.24, 2.45) is 5.73 Å². The van der Waals surface area contributed by atoms with Gasteiger partial charge in [-0.25, -0.2) is 4.98 Å². The van der Waals surface area contributed by atoms with Gasteiger partial charge >= 0.3 is 0 Å². The summed E-state index contributed by atoms with van der Waals surface area (Å²) in [5.74, 6) is 1.81. The van der Waals surface area contributed by atoms with Crippen molar-refractivity contribution < 1.29 is 0 Å². The summed E-state index contributed by atoms with van der Waals surface area (Å²) in [5.41, 5.74) is 8.03. The van der Waals surface area contributed by atoms with E-state index in [1.807, 2.05) is 0 Å². The third kappa shape index (κ3) is 13.2. The zero-order chi connectivity index (χ0) is 23.4. The molecule has 1 aromatic rings. The molecule has 0 aliphatic rings. The van der Waals surface area contributed by atoms with Crippen molar-refractivity contribution in [3.63, 3.8) is 0 Å². The molecule has 0 unspecified atom stereocenters. The highest BCUT2D eigenvalue weighted by Crippen LogP contribution is 2.21. The van der Waals surface area contributed by atoms with Gasteiger partial charge in [0.25, 0.3) is 0 Å². The van der Waals surface area contributed by atoms with Crippen LogP contribution >= 0.6 is 0 Å². The zero-order valence-electron chi connectivity index (χ0n) is 21.6. The predicted octanol–water partition coefficient (Wildman–Crippen LogP) is 5.76. The fraction of sp³-hybridized carbons (Fsp3) is 0.846. The Morgan fingerprint density at radius 3 is 2.09 bits per heavy atom. The molecular weight excluding hydrogens is 396 g/mol. The van der Waals surface area contributed by atoms with Crippen molar-refractivity contribution in [3.05, 3.63) is 11.3 Å². The highest BCUT2D eigenvalue weighted by atomic mass is 15.1. The summed E-state index contributed by atoms with van der Waals surface area (Å²) >= 11 is 0. The maximum absolute atomic E-state index is 5.62. The number of nitrogens with one attached hydrogen (secondary N) is 2. The Balaban J connectivity index is 2.61. The summed E-state index contributed by atoms with van der Waals surface area (Å²) in [6.07, 6.45) is 16.1. The Morgan fingerprint density at radius 2 is 1.38 bits per heavy atom. The molecule has 0 radical (unpaired) electrons. The summed E-state index contributed by atoms with van der Waals surface area (Å²) < 4.78 is 0. The summed E-state index contributed by atoms with van der Waals surface area (Å²) in [5, 5.41) is 7.10. The number of hydrogen-bond acceptors (Lipinski definition) is 6. The average molecular weight is 449 g/mol. The van der Waals surface area contributed by atoms with Crippen LogP contribution in [0.2, 0.25) is 0 Å². The monoisotopic (exact) mass is 448 g/mol. The molecule has 1 rings (SSSR count). The largest absolute Gasteiger partial charge is 0.370 e. The first-order chi connectivity index (χ1) is 15.6. The van der Waals surface area contributed by atoms with E-state index in [0.717, 1.165) is 69.4 Å². The molecule has 0 spiro atoms. The van der Waals surface area contributed by atoms with Crippen molar-refractivity contribution in [1.29, 1.82) is 0 Å². The normalized spacial score (nSPS) is 11.3. The molecule has 0 bridgehead atoms. The molecule has 0 aromatic carbocycles. The number of nitrogens with two attached hydrogens (primary N) is 1. The molecule has 0 aliphatic carbocycles. The predicted molar refractivity (Wildman–Crippen MR) is 141 cm³/mol. The zero-order valence-corrected chi connectivity index (χ0v) is 21.6. The van der Waals surface area contributed by atoms with Gasteiger partial charge in [-0.2, -0.15) is 4.98 Å². The van der Waals surface area contributed by atoms with Crippen molar-refractivity contribution in [2.75, 3.05) is 50.4 Å². The Hall–Kier alpha value is -1.40. The van der Waals surface area contributed by atoms with Gasteiger partial charge in [0.1, 0.15) is 5.82 Å². The van der Waals surface area contributed by atoms with Crippen LogP contribution in [0.1, 0.15) is 102 Å². The van der Waals surface area contributed by atoms with Crippen LogP contribution in [0.3, 0.4) is 0 Å². The summed E-state index contributed by atoms with van der Waals surface area (Å²) in [6, 6.07) is 0. The lowest BCUT2D eigenvalue weighted by molar-refractivity contribution is 0.330. The highest BCUT2D eigenvalue weighted by Gasteiger charge is 2.12. The van der Waals surface area contributed by atoms with Gasteiger partial charge in [0, 0.05) is 24.3 Å². The fourth-order valence-corrected chi connectivity index (χ4v) is 3.98. The standard InChI is InChI=1S/C26H52N6/c1-5-7-9-11-12-14-19-29-26-30-23(3)24(17-13-10-8-6-2)25(31-26)28-20-16-22-32(4)21-15-18-27/h5-22,27H2,1-4H3,(H2,28,29,30,31). The smallest absolute Gasteiger partial charge is 0.224 e. The molecule has 1 heterocycles. The van der Waals surface area contributed by atoms with Gasteiger partial charge in [-0.15, -0.1) is 0 Å². The van der Waals surface area contributed by atoms with Gasteiger partial charge < -0.3 is 21.3 Å². The third-order valence-corrected chi connectivity index (χ3v) is 6.06. The molecule has 32 heavy (non-hydrogen) atoms. The maximum Gasteiger partial charge on any atom is 0.224 e. The maximum atomic E-state index is 5.62. The number of aryl methyl sites for hydroxylation is 1. The van der Waals surface area contributed by atoms with Gasteiger partial charge in [0.2, 0.25) is 5.95 Å². The molecule has 0 amide bonds. The second-order valence-electron chi connectivity index (χ2n) is 9.19. The van der Waals surface area contributed by atoms with E-state index in [-0.39, 0.29) is 0 Å². The Bertz CT molecular complexity index is 578. The number of anilines is 2. The molecule has 0 saturated carbocycles. The van der Waals surface area contributed by atoms with E-state index < -0.39 is 0 Å². The van der Waals surface area contributed by atoms with Crippen LogP contribution in [0.25, 0.3) is 0 Å². The van der Waals surface area contributed by atoms with Crippen LogP contribution in [-0.4, -0.2) is 54.6 Å². The van der Waals surface area contributed by atoms with Gasteiger partial charge in [-0.05, 0) is 65.7 Å². The van der Waals surface area contributed by atoms with Gasteiger partial charge in [-0.1, -0.05) is 65.2 Å². The quantitative estimate of drug-likeness (QED) is 0.207. The van der Waals surface area contributed by atoms with E-state index >= 15 is 0 Å². The average Bonchev–Trinajstić information content (AvgIpc) is 2.78. The van der Waals surface area contributed by atoms with Gasteiger partial charge in [0.05, 0.1) is 0 Å². The number of hydrogen-bond donors (Lipinski definition) is 3. The van der Waals surface area contributed by atoms with E-state index in [0.29, 0.717) is 0 Å². The minimum Gasteiger partial charge on any atom is -0.370 e. The lowest BCUT2D eigenvalue weighted by Crippen LogP contribution is -2.24. The van der Waals surface area contributed by atoms with Crippen molar-refractivity contribution in [1.82, 2.24) is 14.9 Å². The molecule has 0 aliphatic heterocycles. The van der Waals surface area contributed by atoms with Gasteiger partial charge in [-0.3, -0.25) is 0 Å². The Kier molecular flexibility index (Phi) is 17.1. The molecule has 4 N–H and O–H groups in total. The van der Waals surface area contributed by atoms with Crippen LogP contribution in [0.15, 0.2) is 0 Å². The van der Waals surface area contributed by atoms with Crippen LogP contribution in [0.4, 0.5) is 11.8 Å². The molecule has 6 nitrogen and oxygen atoms in total. The minimum atomic E-state index is 0.763. The lowest BCUT2D eigenvalue weighted by Gasteiger charge is -2.18. The number of nitrogens with zero attached hydrogens (tertiary/aromatic N) is 3. The first kappa shape index (κ1) is 28.6. The first-order valence-electron chi connectivity index (χ1n) is 13.4. The molecule has 1 aromatic heterocycles. The molecule has 0 saturated heterocycles. The second-order valence-corrected chi connectivity index (χ2v) is 9.19. The van der Waals surface area contributed by atoms with Crippen molar-refractivity contribution in [3.8, 4) is 0 Å². The molecular formula is C26H52N6. The van der Waals surface area contributed by atoms with Crippen LogP contribution in [-0.2, 0) is 6.42 Å². The number of rotatable bonds is 21. The fourth-order valence-electron chi connectivity index (χ4n) is 3.98. The van der Waals surface area contributed by atoms with E-state index in [1.165, 1.54) is 69.8 Å². The van der Waals surface area contributed by atoms with Crippen LogP contribution < -0.4 is 16.4 Å². The van der Waals surface area contributed by atoms with E-state index in [9.17, 15) is 0 Å². The highest BCUT2D eigenvalue weighted by molar-refractivity contribution is 5.50. The number of aromatic nitrogens is 2. The van der Waals surface area contributed by atoms with Crippen LogP contribution in [0.5, 0.6) is 0 Å². The molecule has 0 fully saturated rings. The lowest BCUT2D eigenvalue weighted by atomic mass is 10.1. The van der Waals surface area contributed by atoms with E-state index in [2.05, 4.69) is 43.4 Å². The van der Waals surface area contributed by atoms with Crippen LogP contribution in [0, 0.1) is 6.92 Å². The van der Waals surface area contributed by atoms with Crippen molar-refractivity contribution in [2.45, 2.75) is 104 Å². The SMILES string of the molecule is CCCCCCCCNc1nc(C)c(CCCCCC)c(NCCCN(C)CCCN)n1. The summed E-state index contributed by atoms with van der Waals surface area (Å²) in [6.45, 7) is 11.5. The third-order valence-electron chi connectivity index (χ3n) is 6.06. The molecule has 186 valence electrons. The second kappa shape index (κ2) is 19.1. The van der Waals surface area contributed by atoms with Gasteiger partial charge in [0.15, 0.2) is 0 Å².